The van der Waals surface area contributed by atoms with Crippen molar-refractivity contribution in [1.29, 1.82) is 5.26 Å². The quantitative estimate of drug-likeness (QED) is 0.176. The summed E-state index contributed by atoms with van der Waals surface area (Å²) in [4.78, 5) is 10.1. The minimum atomic E-state index is -0.628. The van der Waals surface area contributed by atoms with Crippen LogP contribution >= 0.6 is 0 Å². The predicted molar refractivity (Wildman–Crippen MR) is 231 cm³/mol. The van der Waals surface area contributed by atoms with E-state index in [-0.39, 0.29) is 0 Å². The summed E-state index contributed by atoms with van der Waals surface area (Å²) in [5.41, 5.74) is 15.9. The van der Waals surface area contributed by atoms with E-state index in [2.05, 4.69) is 133 Å². The van der Waals surface area contributed by atoms with Crippen LogP contribution in [-0.2, 0) is 5.41 Å². The Bertz CT molecular complexity index is 2970. The molecule has 1 aliphatic heterocycles. The van der Waals surface area contributed by atoms with Gasteiger partial charge in [-0.3, -0.25) is 0 Å². The van der Waals surface area contributed by atoms with Crippen LogP contribution in [-0.4, -0.2) is 9.97 Å². The molecule has 2 aliphatic rings. The lowest BCUT2D eigenvalue weighted by Gasteiger charge is -2.40. The minimum absolute atomic E-state index is 0.621. The van der Waals surface area contributed by atoms with E-state index in [1.165, 1.54) is 22.3 Å². The zero-order valence-electron chi connectivity index (χ0n) is 31.3. The van der Waals surface area contributed by atoms with Crippen LogP contribution in [0.25, 0.3) is 67.3 Å². The topological polar surface area (TPSA) is 58.8 Å². The molecule has 0 fully saturated rings. The molecule has 0 bridgehead atoms. The second kappa shape index (κ2) is 13.4. The van der Waals surface area contributed by atoms with Crippen molar-refractivity contribution in [3.05, 3.63) is 228 Å². The monoisotopic (exact) mass is 739 g/mol. The molecule has 0 amide bonds. The highest BCUT2D eigenvalue weighted by atomic mass is 16.5. The molecule has 0 N–H and O–H groups in total. The minimum Gasteiger partial charge on any atom is -0.455 e. The van der Waals surface area contributed by atoms with Gasteiger partial charge in [0.05, 0.1) is 28.4 Å². The van der Waals surface area contributed by atoms with Gasteiger partial charge in [0, 0.05) is 38.9 Å². The number of hydrogen-bond acceptors (Lipinski definition) is 4. The van der Waals surface area contributed by atoms with Gasteiger partial charge in [-0.15, -0.1) is 0 Å². The summed E-state index contributed by atoms with van der Waals surface area (Å²) < 4.78 is 7.28. The Morgan fingerprint density at radius 2 is 0.793 bits per heavy atom. The fraction of sp³-hybridized carbons (Fsp3) is 0.0185. The Labute approximate surface area is 337 Å². The SMILES string of the molecule is N#Cc1ccc(-c2cccc3c2Oc2c(-c4ccc(-c5cc(-c6ccccc6)nc(-c6ccccc6)n5)cc4)cccc2C32c3ccccc3-c3ccccc32)cc1. The number of ether oxygens (including phenoxy) is 1. The van der Waals surface area contributed by atoms with Gasteiger partial charge in [-0.05, 0) is 51.6 Å². The van der Waals surface area contributed by atoms with Crippen molar-refractivity contribution in [3.8, 4) is 84.9 Å². The molecule has 0 atom stereocenters. The highest BCUT2D eigenvalue weighted by Crippen LogP contribution is 2.64. The Morgan fingerprint density at radius 3 is 1.33 bits per heavy atom. The summed E-state index contributed by atoms with van der Waals surface area (Å²) in [7, 11) is 0. The lowest BCUT2D eigenvalue weighted by molar-refractivity contribution is 0.440. The van der Waals surface area contributed by atoms with Gasteiger partial charge in [-0.25, -0.2) is 9.97 Å². The average molecular weight is 740 g/mol. The Balaban J connectivity index is 1.10. The van der Waals surface area contributed by atoms with Crippen LogP contribution in [0.1, 0.15) is 27.8 Å². The van der Waals surface area contributed by atoms with Crippen molar-refractivity contribution in [2.45, 2.75) is 5.41 Å². The lowest BCUT2D eigenvalue weighted by Crippen LogP contribution is -2.32. The van der Waals surface area contributed by atoms with Crippen molar-refractivity contribution >= 4 is 0 Å². The van der Waals surface area contributed by atoms with E-state index in [1.54, 1.807) is 0 Å². The van der Waals surface area contributed by atoms with Gasteiger partial charge in [-0.2, -0.15) is 5.26 Å². The summed E-state index contributed by atoms with van der Waals surface area (Å²) in [5.74, 6) is 2.33. The van der Waals surface area contributed by atoms with E-state index in [0.717, 1.165) is 73.0 Å². The predicted octanol–water partition coefficient (Wildman–Crippen LogP) is 13.2. The Morgan fingerprint density at radius 1 is 0.379 bits per heavy atom. The molecule has 0 unspecified atom stereocenters. The lowest BCUT2D eigenvalue weighted by atomic mass is 9.65. The molecule has 4 nitrogen and oxygen atoms in total. The summed E-state index contributed by atoms with van der Waals surface area (Å²) in [6.45, 7) is 0. The van der Waals surface area contributed by atoms with E-state index in [0.29, 0.717) is 11.4 Å². The molecule has 4 heteroatoms. The van der Waals surface area contributed by atoms with Crippen LogP contribution in [0.3, 0.4) is 0 Å². The zero-order valence-corrected chi connectivity index (χ0v) is 31.3. The van der Waals surface area contributed by atoms with Gasteiger partial charge in [0.25, 0.3) is 0 Å². The molecule has 0 saturated heterocycles. The maximum atomic E-state index is 9.58. The largest absolute Gasteiger partial charge is 0.455 e. The molecule has 58 heavy (non-hydrogen) atoms. The first-order valence-electron chi connectivity index (χ1n) is 19.5. The third kappa shape index (κ3) is 5.15. The summed E-state index contributed by atoms with van der Waals surface area (Å²) in [6, 6.07) is 71.8. The highest BCUT2D eigenvalue weighted by molar-refractivity contribution is 5.92. The number of para-hydroxylation sites is 2. The number of nitrogens with zero attached hydrogens (tertiary/aromatic N) is 3. The fourth-order valence-corrected chi connectivity index (χ4v) is 9.01. The van der Waals surface area contributed by atoms with Gasteiger partial charge >= 0.3 is 0 Å². The van der Waals surface area contributed by atoms with E-state index >= 15 is 0 Å². The number of fused-ring (bicyclic) bond motifs is 9. The van der Waals surface area contributed by atoms with Gasteiger partial charge in [0.1, 0.15) is 11.5 Å². The van der Waals surface area contributed by atoms with Crippen LogP contribution in [0, 0.1) is 11.3 Å². The maximum Gasteiger partial charge on any atom is 0.160 e. The first kappa shape index (κ1) is 33.5. The molecule has 270 valence electrons. The molecule has 1 aromatic heterocycles. The molecule has 1 aliphatic carbocycles. The Kier molecular flexibility index (Phi) is 7.74. The van der Waals surface area contributed by atoms with Gasteiger partial charge in [0.15, 0.2) is 5.82 Å². The van der Waals surface area contributed by atoms with E-state index in [4.69, 9.17) is 14.7 Å². The van der Waals surface area contributed by atoms with Gasteiger partial charge in [0.2, 0.25) is 0 Å². The van der Waals surface area contributed by atoms with Crippen LogP contribution in [0.5, 0.6) is 11.5 Å². The standard InChI is InChI=1S/C54H33N3O/c55-34-35-25-27-36(28-26-35)41-19-11-23-47-51(41)58-52-42(20-12-24-48(52)54(47)45-21-9-7-17-43(45)44-18-8-10-22-46(44)54)37-29-31-39(32-30-37)50-33-49(38-13-3-1-4-14-38)56-53(57-50)40-15-5-2-6-16-40/h1-33H. The van der Waals surface area contributed by atoms with Crippen LogP contribution < -0.4 is 4.74 Å². The molecular formula is C54H33N3O. The van der Waals surface area contributed by atoms with Crippen molar-refractivity contribution in [2.24, 2.45) is 0 Å². The molecular weight excluding hydrogens is 707 g/mol. The summed E-state index contributed by atoms with van der Waals surface area (Å²) in [5, 5.41) is 9.58. The number of aromatic nitrogens is 2. The zero-order chi connectivity index (χ0) is 38.6. The molecule has 11 rings (SSSR count). The molecule has 9 aromatic rings. The molecule has 0 saturated carbocycles. The van der Waals surface area contributed by atoms with Crippen molar-refractivity contribution in [2.75, 3.05) is 0 Å². The molecule has 0 radical (unpaired) electrons. The van der Waals surface area contributed by atoms with Crippen molar-refractivity contribution < 1.29 is 4.74 Å². The number of rotatable bonds is 5. The Hall–Kier alpha value is -7.87. The third-order valence-electron chi connectivity index (χ3n) is 11.6. The summed E-state index contributed by atoms with van der Waals surface area (Å²) >= 11 is 0. The third-order valence-corrected chi connectivity index (χ3v) is 11.6. The van der Waals surface area contributed by atoms with Crippen molar-refractivity contribution in [1.82, 2.24) is 9.97 Å². The fourth-order valence-electron chi connectivity index (χ4n) is 9.01. The first-order chi connectivity index (χ1) is 28.7. The van der Waals surface area contributed by atoms with E-state index in [1.807, 2.05) is 72.8 Å². The average Bonchev–Trinajstić information content (AvgIpc) is 3.60. The number of benzene rings is 8. The van der Waals surface area contributed by atoms with Gasteiger partial charge in [-0.1, -0.05) is 182 Å². The van der Waals surface area contributed by atoms with Crippen molar-refractivity contribution in [3.63, 3.8) is 0 Å². The molecule has 2 heterocycles. The summed E-state index contributed by atoms with van der Waals surface area (Å²) in [6.07, 6.45) is 0. The number of nitriles is 1. The second-order valence-corrected chi connectivity index (χ2v) is 14.8. The smallest absolute Gasteiger partial charge is 0.160 e. The maximum absolute atomic E-state index is 9.58. The second-order valence-electron chi connectivity index (χ2n) is 14.8. The van der Waals surface area contributed by atoms with Crippen LogP contribution in [0.15, 0.2) is 200 Å². The normalized spacial score (nSPS) is 12.7. The van der Waals surface area contributed by atoms with E-state index < -0.39 is 5.41 Å². The first-order valence-corrected chi connectivity index (χ1v) is 19.5. The van der Waals surface area contributed by atoms with Crippen LogP contribution in [0.4, 0.5) is 0 Å². The number of hydrogen-bond donors (Lipinski definition) is 0. The molecule has 1 spiro atoms. The molecule has 8 aromatic carbocycles. The highest BCUT2D eigenvalue weighted by Gasteiger charge is 2.51. The van der Waals surface area contributed by atoms with E-state index in [9.17, 15) is 5.26 Å². The van der Waals surface area contributed by atoms with Crippen LogP contribution in [0.2, 0.25) is 0 Å². The van der Waals surface area contributed by atoms with Gasteiger partial charge < -0.3 is 4.74 Å².